The predicted octanol–water partition coefficient (Wildman–Crippen LogP) is 13.2. The molecule has 2 atom stereocenters. The summed E-state index contributed by atoms with van der Waals surface area (Å²) in [6, 6.07) is 12.9. The van der Waals surface area contributed by atoms with Crippen molar-refractivity contribution in [1.29, 1.82) is 0 Å². The highest BCUT2D eigenvalue weighted by molar-refractivity contribution is 7.94. The summed E-state index contributed by atoms with van der Waals surface area (Å²) >= 11 is 2.17. The molecule has 18 heteroatoms. The molecule has 9 N–H and O–H groups in total. The second-order valence-corrected chi connectivity index (χ2v) is 35.2. The van der Waals surface area contributed by atoms with Gasteiger partial charge in [-0.2, -0.15) is 0 Å². The van der Waals surface area contributed by atoms with E-state index in [0.29, 0.717) is 14.1 Å². The fourth-order valence-electron chi connectivity index (χ4n) is 10.8. The Hall–Kier alpha value is -4.63. The smallest absolute Gasteiger partial charge is 0.354 e. The second-order valence-electron chi connectivity index (χ2n) is 24.0. The lowest BCUT2D eigenvalue weighted by Crippen LogP contribution is -2.37. The third-order valence-electron chi connectivity index (χ3n) is 16.2. The highest BCUT2D eigenvalue weighted by Gasteiger charge is 2.38. The molecule has 4 aromatic carbocycles. The van der Waals surface area contributed by atoms with Gasteiger partial charge >= 0.3 is 6.03 Å². The molecular weight excluding hydrogens is 1060 g/mol. The van der Waals surface area contributed by atoms with Crippen molar-refractivity contribution in [2.75, 3.05) is 11.1 Å². The Bertz CT molecular complexity index is 3490. The molecule has 0 aliphatic heterocycles. The maximum atomic E-state index is 13.1. The minimum absolute atomic E-state index is 0.0234. The number of rotatable bonds is 8. The van der Waals surface area contributed by atoms with E-state index in [2.05, 4.69) is 109 Å². The Balaban J connectivity index is 0.000000164. The zero-order valence-electron chi connectivity index (χ0n) is 47.4. The van der Waals surface area contributed by atoms with Crippen LogP contribution in [0.4, 0.5) is 16.2 Å². The Morgan fingerprint density at radius 3 is 1.32 bits per heavy atom. The molecule has 77 heavy (non-hydrogen) atoms. The van der Waals surface area contributed by atoms with E-state index in [4.69, 9.17) is 16.0 Å². The van der Waals surface area contributed by atoms with Crippen LogP contribution in [0.15, 0.2) is 65.9 Å². The summed E-state index contributed by atoms with van der Waals surface area (Å²) in [5, 5.41) is 35.0. The molecular formula is C59H80N8O5S4Si. The molecule has 2 aromatic heterocycles. The molecule has 0 radical (unpaired) electrons. The number of carbonyl (C=O) groups is 1. The summed E-state index contributed by atoms with van der Waals surface area (Å²) in [4.78, 5) is 22.4. The number of hydrogen-bond acceptors (Lipinski definition) is 11. The molecule has 2 amide bonds. The number of amides is 2. The number of aromatic nitrogens is 2. The van der Waals surface area contributed by atoms with Gasteiger partial charge in [-0.15, -0.1) is 27.0 Å². The normalized spacial score (nSPS) is 16.4. The maximum Gasteiger partial charge on any atom is 0.354 e. The van der Waals surface area contributed by atoms with Crippen LogP contribution in [0.3, 0.4) is 0 Å². The van der Waals surface area contributed by atoms with Crippen molar-refractivity contribution in [3.05, 3.63) is 125 Å². The SMILES string of the molecule is CC(C)(O)c1cnc(S(N)(=O)=N[Si](C)(C)C(C)(C)C)s1.Cc1ccc(-c2c3c(c(N)c4c2CCC4)CCC3)cc1C.Cc1ccc(-c2c3c(c(NC(=O)N=S(N)(=O)c4ncc(C(C)(C)O)s4)c4c2CCC4)CCC3)cc1C. The minimum atomic E-state index is -3.55. The van der Waals surface area contributed by atoms with Crippen LogP contribution in [-0.4, -0.2) is 42.9 Å². The lowest BCUT2D eigenvalue weighted by molar-refractivity contribution is 0.0817. The van der Waals surface area contributed by atoms with Crippen LogP contribution in [0.5, 0.6) is 0 Å². The van der Waals surface area contributed by atoms with Gasteiger partial charge in [0.2, 0.25) is 8.68 Å². The van der Waals surface area contributed by atoms with Gasteiger partial charge in [0.1, 0.15) is 0 Å². The molecule has 414 valence electrons. The molecule has 6 aromatic rings. The van der Waals surface area contributed by atoms with Crippen molar-refractivity contribution in [1.82, 2.24) is 9.97 Å². The summed E-state index contributed by atoms with van der Waals surface area (Å²) in [5.41, 5.74) is 28.1. The van der Waals surface area contributed by atoms with Gasteiger partial charge in [-0.25, -0.2) is 33.5 Å². The summed E-state index contributed by atoms with van der Waals surface area (Å²) < 4.78 is 34.5. The molecule has 0 fully saturated rings. The zero-order valence-corrected chi connectivity index (χ0v) is 51.6. The summed E-state index contributed by atoms with van der Waals surface area (Å²) in [7, 11) is -8.69. The molecule has 0 bridgehead atoms. The fraction of sp³-hybridized carbons (Fsp3) is 0.475. The van der Waals surface area contributed by atoms with E-state index in [0.717, 1.165) is 83.7 Å². The third kappa shape index (κ3) is 12.3. The van der Waals surface area contributed by atoms with Crippen LogP contribution in [0, 0.1) is 27.7 Å². The maximum absolute atomic E-state index is 13.1. The van der Waals surface area contributed by atoms with Crippen molar-refractivity contribution >= 4 is 68.1 Å². The lowest BCUT2D eigenvalue weighted by atomic mass is 9.87. The summed E-state index contributed by atoms with van der Waals surface area (Å²) in [6.45, 7) is 25.6. The Kier molecular flexibility index (Phi) is 16.6. The first kappa shape index (κ1) is 58.5. The number of nitrogens with zero attached hydrogens (tertiary/aromatic N) is 4. The van der Waals surface area contributed by atoms with E-state index in [9.17, 15) is 23.4 Å². The average Bonchev–Trinajstić information content (AvgIpc) is 4.29. The van der Waals surface area contributed by atoms with E-state index in [1.807, 2.05) is 13.1 Å². The van der Waals surface area contributed by atoms with E-state index < -0.39 is 45.3 Å². The molecule has 0 spiro atoms. The van der Waals surface area contributed by atoms with Crippen LogP contribution in [-0.2, 0) is 82.4 Å². The molecule has 2 unspecified atom stereocenters. The van der Waals surface area contributed by atoms with Crippen molar-refractivity contribution in [2.24, 2.45) is 18.7 Å². The summed E-state index contributed by atoms with van der Waals surface area (Å²) in [6.07, 6.45) is 16.0. The van der Waals surface area contributed by atoms with Crippen LogP contribution >= 0.6 is 22.7 Å². The highest BCUT2D eigenvalue weighted by Crippen LogP contribution is 2.48. The standard InChI is InChI=1S/C27H32N4O3S2.C20H23N.C12H25N3O2S2Si/c1-15-11-12-17(13-16(15)2)23-18-7-5-9-20(18)24(21-10-6-8-19(21)23)30-25(32)31-36(28,34)26-29-14-22(35-26)27(3,4)33;1-12-9-10-14(11-13(12)2)19-15-5-3-7-17(15)20(21)18-8-4-6-16(18)19;1-11(2,3)20(6,7)15-19(13,17)10-14-8-9(18-10)12(4,5)16/h11-14,33H,5-10H2,1-4H3,(H3,28,30,31,32,34);9-11H,3-8,21H2,1-2H3;8,16H,1-7H3,(H2,13,15,17). The number of fused-ring (bicyclic) bond motifs is 4. The number of urea groups is 1. The third-order valence-corrected chi connectivity index (χ3v) is 28.6. The average molecular weight is 1140 g/mol. The quantitative estimate of drug-likeness (QED) is 0.0632. The number of aryl methyl sites for hydroxylation is 4. The van der Waals surface area contributed by atoms with Gasteiger partial charge in [0.05, 0.1) is 21.0 Å². The zero-order chi connectivity index (χ0) is 56.4. The van der Waals surface area contributed by atoms with E-state index >= 15 is 0 Å². The Morgan fingerprint density at radius 2 is 0.961 bits per heavy atom. The van der Waals surface area contributed by atoms with Gasteiger partial charge in [-0.3, -0.25) is 4.03 Å². The molecule has 4 aliphatic rings. The van der Waals surface area contributed by atoms with Gasteiger partial charge < -0.3 is 21.3 Å². The number of nitrogens with two attached hydrogens (primary N) is 3. The number of aliphatic hydroxyl groups is 2. The largest absolute Gasteiger partial charge is 0.398 e. The van der Waals surface area contributed by atoms with Gasteiger partial charge in [0, 0.05) is 23.8 Å². The molecule has 2 heterocycles. The van der Waals surface area contributed by atoms with E-state index in [1.54, 1.807) is 38.8 Å². The van der Waals surface area contributed by atoms with Gasteiger partial charge in [-0.05, 0) is 240 Å². The second kappa shape index (κ2) is 21.8. The number of nitrogen functional groups attached to an aromatic ring is 1. The van der Waals surface area contributed by atoms with Gasteiger partial charge in [0.25, 0.3) is 0 Å². The topological polar surface area (TPSA) is 232 Å². The predicted molar refractivity (Wildman–Crippen MR) is 322 cm³/mol. The van der Waals surface area contributed by atoms with Crippen LogP contribution in [0.25, 0.3) is 22.3 Å². The first-order chi connectivity index (χ1) is 35.8. The van der Waals surface area contributed by atoms with E-state index in [-0.39, 0.29) is 9.38 Å². The number of carbonyl (C=O) groups excluding carboxylic acids is 1. The lowest BCUT2D eigenvalue weighted by Gasteiger charge is -2.32. The molecule has 10 rings (SSSR count). The molecule has 0 saturated carbocycles. The summed E-state index contributed by atoms with van der Waals surface area (Å²) in [5.74, 6) is 0. The molecule has 0 saturated heterocycles. The van der Waals surface area contributed by atoms with Crippen molar-refractivity contribution in [3.63, 3.8) is 0 Å². The molecule has 4 aliphatic carbocycles. The molecule has 13 nitrogen and oxygen atoms in total. The van der Waals surface area contributed by atoms with Crippen LogP contribution in [0.1, 0.15) is 151 Å². The first-order valence-corrected chi connectivity index (χ1v) is 34.6. The van der Waals surface area contributed by atoms with Gasteiger partial charge in [-0.1, -0.05) is 57.2 Å². The first-order valence-electron chi connectivity index (χ1n) is 26.9. The van der Waals surface area contributed by atoms with Crippen LogP contribution < -0.4 is 21.3 Å². The van der Waals surface area contributed by atoms with E-state index in [1.165, 1.54) is 118 Å². The van der Waals surface area contributed by atoms with Crippen LogP contribution in [0.2, 0.25) is 18.1 Å². The van der Waals surface area contributed by atoms with Crippen molar-refractivity contribution < 1.29 is 23.4 Å². The number of benzene rings is 4. The number of anilines is 2. The number of hydrogen-bond donors (Lipinski definition) is 6. The fourth-order valence-corrected chi connectivity index (χ4v) is 18.9. The van der Waals surface area contributed by atoms with Crippen molar-refractivity contribution in [2.45, 2.75) is 191 Å². The minimum Gasteiger partial charge on any atom is -0.398 e. The number of thiazole rings is 2. The Labute approximate surface area is 467 Å². The monoisotopic (exact) mass is 1140 g/mol. The van der Waals surface area contributed by atoms with Gasteiger partial charge in [0.15, 0.2) is 28.1 Å². The van der Waals surface area contributed by atoms with Crippen molar-refractivity contribution in [3.8, 4) is 22.3 Å². The Morgan fingerprint density at radius 1 is 0.597 bits per heavy atom. The number of nitrogens with one attached hydrogen (secondary N) is 1. The highest BCUT2D eigenvalue weighted by atomic mass is 32.2.